The maximum Gasteiger partial charge on any atom is 0.154 e. The molecule has 2 rings (SSSR count). The monoisotopic (exact) mass is 277 g/mol. The number of rotatable bonds is 4. The molecule has 0 saturated carbocycles. The Morgan fingerprint density at radius 2 is 1.61 bits per heavy atom. The lowest BCUT2D eigenvalue weighted by molar-refractivity contribution is 0.876. The second-order valence-corrected chi connectivity index (χ2v) is 7.08. The van der Waals surface area contributed by atoms with Gasteiger partial charge in [-0.05, 0) is 29.8 Å². The maximum atomic E-state index is 5.92. The molecule has 2 atom stereocenters. The normalized spacial score (nSPS) is 14.2. The average molecular weight is 278 g/mol. The van der Waals surface area contributed by atoms with E-state index in [1.54, 1.807) is 0 Å². The minimum atomic E-state index is 0.269. The number of benzene rings is 2. The molecular formula is C16H18ClS+. The highest BCUT2D eigenvalue weighted by atomic mass is 35.5. The largest absolute Gasteiger partial charge is 0.154 e. The second kappa shape index (κ2) is 6.31. The lowest BCUT2D eigenvalue weighted by Gasteiger charge is -2.11. The van der Waals surface area contributed by atoms with Crippen LogP contribution in [0.15, 0.2) is 59.5 Å². The maximum absolute atomic E-state index is 5.92. The summed E-state index contributed by atoms with van der Waals surface area (Å²) in [6, 6.07) is 19.0. The van der Waals surface area contributed by atoms with Crippen molar-refractivity contribution < 1.29 is 0 Å². The summed E-state index contributed by atoms with van der Waals surface area (Å²) < 4.78 is 0. The van der Waals surface area contributed by atoms with Crippen molar-refractivity contribution in [3.8, 4) is 0 Å². The molecule has 94 valence electrons. The first-order chi connectivity index (χ1) is 8.66. The highest BCUT2D eigenvalue weighted by molar-refractivity contribution is 7.96. The summed E-state index contributed by atoms with van der Waals surface area (Å²) in [7, 11) is 0.269. The second-order valence-electron chi connectivity index (χ2n) is 4.57. The molecule has 0 nitrogen and oxygen atoms in total. The van der Waals surface area contributed by atoms with Crippen LogP contribution in [0.1, 0.15) is 18.4 Å². The minimum Gasteiger partial charge on any atom is -0.0843 e. The van der Waals surface area contributed by atoms with E-state index in [0.717, 1.165) is 5.02 Å². The Labute approximate surface area is 117 Å². The molecule has 2 heteroatoms. The van der Waals surface area contributed by atoms with E-state index in [2.05, 4.69) is 55.6 Å². The molecule has 0 aliphatic carbocycles. The Hall–Kier alpha value is -0.920. The van der Waals surface area contributed by atoms with Gasteiger partial charge >= 0.3 is 0 Å². The Kier molecular flexibility index (Phi) is 4.73. The van der Waals surface area contributed by atoms with Crippen molar-refractivity contribution in [3.05, 3.63) is 65.2 Å². The minimum absolute atomic E-state index is 0.269. The van der Waals surface area contributed by atoms with Crippen LogP contribution in [0.2, 0.25) is 5.02 Å². The smallest absolute Gasteiger partial charge is 0.0843 e. The third kappa shape index (κ3) is 3.54. The standard InChI is InChI=1S/C16H18ClS/c1-13(14-6-4-3-5-7-14)12-18(2)16-10-8-15(17)9-11-16/h3-11,13H,12H2,1-2H3/q+1. The van der Waals surface area contributed by atoms with Gasteiger partial charge in [0.1, 0.15) is 12.0 Å². The lowest BCUT2D eigenvalue weighted by atomic mass is 10.0. The third-order valence-corrected chi connectivity index (χ3v) is 5.41. The van der Waals surface area contributed by atoms with Crippen molar-refractivity contribution in [1.82, 2.24) is 0 Å². The van der Waals surface area contributed by atoms with E-state index in [9.17, 15) is 0 Å². The van der Waals surface area contributed by atoms with Gasteiger partial charge in [-0.1, -0.05) is 48.9 Å². The Morgan fingerprint density at radius 3 is 2.22 bits per heavy atom. The highest BCUT2D eigenvalue weighted by Crippen LogP contribution is 2.22. The molecule has 2 aromatic carbocycles. The zero-order chi connectivity index (χ0) is 13.0. The van der Waals surface area contributed by atoms with E-state index in [0.29, 0.717) is 5.92 Å². The van der Waals surface area contributed by atoms with Crippen LogP contribution >= 0.6 is 11.6 Å². The Morgan fingerprint density at radius 1 is 1.00 bits per heavy atom. The van der Waals surface area contributed by atoms with Crippen molar-refractivity contribution in [2.75, 3.05) is 12.0 Å². The first-order valence-corrected chi connectivity index (χ1v) is 8.28. The summed E-state index contributed by atoms with van der Waals surface area (Å²) in [5.41, 5.74) is 1.42. The fourth-order valence-electron chi connectivity index (χ4n) is 2.02. The quantitative estimate of drug-likeness (QED) is 0.708. The summed E-state index contributed by atoms with van der Waals surface area (Å²) in [5, 5.41) is 0.812. The predicted octanol–water partition coefficient (Wildman–Crippen LogP) is 4.75. The van der Waals surface area contributed by atoms with Crippen LogP contribution in [0.25, 0.3) is 0 Å². The Bertz CT molecular complexity index is 478. The zero-order valence-electron chi connectivity index (χ0n) is 10.8. The summed E-state index contributed by atoms with van der Waals surface area (Å²) in [4.78, 5) is 1.39. The topological polar surface area (TPSA) is 0 Å². The van der Waals surface area contributed by atoms with Gasteiger partial charge in [-0.15, -0.1) is 0 Å². The zero-order valence-corrected chi connectivity index (χ0v) is 12.3. The molecule has 0 aliphatic rings. The van der Waals surface area contributed by atoms with Crippen molar-refractivity contribution >= 4 is 22.5 Å². The van der Waals surface area contributed by atoms with Crippen molar-refractivity contribution in [2.24, 2.45) is 0 Å². The molecule has 0 amide bonds. The molecular weight excluding hydrogens is 260 g/mol. The van der Waals surface area contributed by atoms with Gasteiger partial charge in [0.2, 0.25) is 0 Å². The van der Waals surface area contributed by atoms with Crippen LogP contribution in [-0.4, -0.2) is 12.0 Å². The van der Waals surface area contributed by atoms with Crippen molar-refractivity contribution in [1.29, 1.82) is 0 Å². The number of hydrogen-bond donors (Lipinski definition) is 0. The van der Waals surface area contributed by atoms with E-state index >= 15 is 0 Å². The molecule has 0 fully saturated rings. The van der Waals surface area contributed by atoms with Gasteiger partial charge in [-0.25, -0.2) is 0 Å². The average Bonchev–Trinajstić information content (AvgIpc) is 2.40. The predicted molar refractivity (Wildman–Crippen MR) is 82.7 cm³/mol. The fourth-order valence-corrected chi connectivity index (χ4v) is 3.88. The molecule has 0 bridgehead atoms. The fraction of sp³-hybridized carbons (Fsp3) is 0.250. The molecule has 0 radical (unpaired) electrons. The van der Waals surface area contributed by atoms with Crippen LogP contribution in [0.4, 0.5) is 0 Å². The SMILES string of the molecule is CC(C[S+](C)c1ccc(Cl)cc1)c1ccccc1. The van der Waals surface area contributed by atoms with Crippen LogP contribution < -0.4 is 0 Å². The first kappa shape index (κ1) is 13.5. The van der Waals surface area contributed by atoms with Gasteiger partial charge in [0.05, 0.1) is 0 Å². The van der Waals surface area contributed by atoms with E-state index in [1.165, 1.54) is 16.2 Å². The number of hydrogen-bond acceptors (Lipinski definition) is 0. The molecule has 0 heterocycles. The van der Waals surface area contributed by atoms with Gasteiger partial charge in [-0.3, -0.25) is 0 Å². The summed E-state index contributed by atoms with van der Waals surface area (Å²) in [5.74, 6) is 1.78. The molecule has 2 unspecified atom stereocenters. The van der Waals surface area contributed by atoms with Crippen molar-refractivity contribution in [2.45, 2.75) is 17.7 Å². The highest BCUT2D eigenvalue weighted by Gasteiger charge is 2.20. The van der Waals surface area contributed by atoms with Crippen LogP contribution in [0, 0.1) is 0 Å². The lowest BCUT2D eigenvalue weighted by Crippen LogP contribution is -2.12. The Balaban J connectivity index is 2.03. The molecule has 0 N–H and O–H groups in total. The summed E-state index contributed by atoms with van der Waals surface area (Å²) >= 11 is 5.92. The van der Waals surface area contributed by atoms with Crippen LogP contribution in [0.5, 0.6) is 0 Å². The third-order valence-electron chi connectivity index (χ3n) is 3.08. The summed E-state index contributed by atoms with van der Waals surface area (Å²) in [6.45, 7) is 2.30. The number of halogens is 1. The molecule has 18 heavy (non-hydrogen) atoms. The van der Waals surface area contributed by atoms with Gasteiger partial charge in [-0.2, -0.15) is 0 Å². The van der Waals surface area contributed by atoms with E-state index in [4.69, 9.17) is 11.6 Å². The molecule has 0 aromatic heterocycles. The molecule has 0 saturated heterocycles. The molecule has 2 aromatic rings. The van der Waals surface area contributed by atoms with Crippen LogP contribution in [-0.2, 0) is 10.9 Å². The van der Waals surface area contributed by atoms with Gasteiger partial charge < -0.3 is 0 Å². The summed E-state index contributed by atoms with van der Waals surface area (Å²) in [6.07, 6.45) is 2.31. The van der Waals surface area contributed by atoms with Gasteiger partial charge in [0.15, 0.2) is 4.90 Å². The molecule has 0 spiro atoms. The van der Waals surface area contributed by atoms with Gasteiger partial charge in [0, 0.05) is 21.8 Å². The van der Waals surface area contributed by atoms with E-state index < -0.39 is 0 Å². The van der Waals surface area contributed by atoms with E-state index in [-0.39, 0.29) is 10.9 Å². The van der Waals surface area contributed by atoms with Gasteiger partial charge in [0.25, 0.3) is 0 Å². The van der Waals surface area contributed by atoms with Crippen molar-refractivity contribution in [3.63, 3.8) is 0 Å². The van der Waals surface area contributed by atoms with E-state index in [1.807, 2.05) is 12.1 Å². The first-order valence-electron chi connectivity index (χ1n) is 6.10. The molecule has 0 aliphatic heterocycles. The van der Waals surface area contributed by atoms with Crippen LogP contribution in [0.3, 0.4) is 0 Å².